The Balaban J connectivity index is 1.79. The van der Waals surface area contributed by atoms with Gasteiger partial charge in [0.15, 0.2) is 6.61 Å². The van der Waals surface area contributed by atoms with E-state index in [2.05, 4.69) is 5.32 Å². The first kappa shape index (κ1) is 17.7. The second-order valence-electron chi connectivity index (χ2n) is 5.20. The van der Waals surface area contributed by atoms with Crippen molar-refractivity contribution in [2.24, 2.45) is 0 Å². The standard InChI is InChI=1S/C15H16F3NO3S/c16-15(17,18)23-12-7-5-10(6-8-12)14(21)22-9-13(20)19-11-3-1-2-4-11/h5-8,11H,1-4,9H2,(H,19,20). The smallest absolute Gasteiger partial charge is 0.446 e. The van der Waals surface area contributed by atoms with Crippen molar-refractivity contribution in [3.63, 3.8) is 0 Å². The zero-order valence-electron chi connectivity index (χ0n) is 12.2. The molecule has 1 aromatic carbocycles. The monoisotopic (exact) mass is 347 g/mol. The molecule has 1 amide bonds. The van der Waals surface area contributed by atoms with E-state index in [1.807, 2.05) is 0 Å². The number of hydrogen-bond donors (Lipinski definition) is 1. The Morgan fingerprint density at radius 2 is 1.78 bits per heavy atom. The van der Waals surface area contributed by atoms with Crippen LogP contribution in [0.15, 0.2) is 29.2 Å². The second-order valence-corrected chi connectivity index (χ2v) is 6.34. The predicted molar refractivity (Wildman–Crippen MR) is 79.0 cm³/mol. The zero-order valence-corrected chi connectivity index (χ0v) is 13.0. The van der Waals surface area contributed by atoms with Crippen molar-refractivity contribution in [3.8, 4) is 0 Å². The lowest BCUT2D eigenvalue weighted by Gasteiger charge is -2.12. The van der Waals surface area contributed by atoms with Crippen molar-refractivity contribution in [2.75, 3.05) is 6.61 Å². The van der Waals surface area contributed by atoms with Crippen molar-refractivity contribution in [2.45, 2.75) is 42.1 Å². The number of alkyl halides is 3. The Kier molecular flexibility index (Phi) is 5.92. The predicted octanol–water partition coefficient (Wildman–Crippen LogP) is 3.51. The van der Waals surface area contributed by atoms with E-state index in [4.69, 9.17) is 4.74 Å². The fourth-order valence-electron chi connectivity index (χ4n) is 2.35. The van der Waals surface area contributed by atoms with Crippen molar-refractivity contribution < 1.29 is 27.5 Å². The third-order valence-electron chi connectivity index (χ3n) is 3.38. The lowest BCUT2D eigenvalue weighted by Crippen LogP contribution is -2.35. The summed E-state index contributed by atoms with van der Waals surface area (Å²) in [6.07, 6.45) is 4.01. The van der Waals surface area contributed by atoms with Gasteiger partial charge in [-0.25, -0.2) is 4.79 Å². The Morgan fingerprint density at radius 3 is 2.35 bits per heavy atom. The molecule has 2 rings (SSSR count). The Labute approximate surface area is 135 Å². The molecule has 1 aliphatic rings. The maximum Gasteiger partial charge on any atom is 0.446 e. The SMILES string of the molecule is O=C(COC(=O)c1ccc(SC(F)(F)F)cc1)NC1CCCC1. The largest absolute Gasteiger partial charge is 0.452 e. The maximum atomic E-state index is 12.2. The summed E-state index contributed by atoms with van der Waals surface area (Å²) in [5, 5.41) is 2.78. The molecule has 0 bridgehead atoms. The lowest BCUT2D eigenvalue weighted by atomic mass is 10.2. The summed E-state index contributed by atoms with van der Waals surface area (Å²) in [4.78, 5) is 23.4. The number of carbonyl (C=O) groups excluding carboxylic acids is 2. The third-order valence-corrected chi connectivity index (χ3v) is 4.12. The highest BCUT2D eigenvalue weighted by molar-refractivity contribution is 8.00. The molecule has 0 aliphatic heterocycles. The van der Waals surface area contributed by atoms with Gasteiger partial charge in [-0.15, -0.1) is 0 Å². The van der Waals surface area contributed by atoms with Gasteiger partial charge < -0.3 is 10.1 Å². The van der Waals surface area contributed by atoms with Crippen LogP contribution in [-0.4, -0.2) is 30.0 Å². The molecule has 0 saturated heterocycles. The van der Waals surface area contributed by atoms with Gasteiger partial charge in [-0.05, 0) is 48.9 Å². The molecule has 126 valence electrons. The van der Waals surface area contributed by atoms with Crippen LogP contribution in [0.1, 0.15) is 36.0 Å². The molecule has 0 unspecified atom stereocenters. The van der Waals surface area contributed by atoms with Gasteiger partial charge in [-0.2, -0.15) is 13.2 Å². The highest BCUT2D eigenvalue weighted by atomic mass is 32.2. The highest BCUT2D eigenvalue weighted by Gasteiger charge is 2.29. The molecule has 1 fully saturated rings. The summed E-state index contributed by atoms with van der Waals surface area (Å²) < 4.78 is 41.5. The second kappa shape index (κ2) is 7.72. The van der Waals surface area contributed by atoms with Crippen LogP contribution in [0.2, 0.25) is 0 Å². The number of carbonyl (C=O) groups is 2. The van der Waals surface area contributed by atoms with E-state index in [1.54, 1.807) is 0 Å². The highest BCUT2D eigenvalue weighted by Crippen LogP contribution is 2.36. The Bertz CT molecular complexity index is 554. The number of nitrogens with one attached hydrogen (secondary N) is 1. The first-order chi connectivity index (χ1) is 10.8. The van der Waals surface area contributed by atoms with Crippen molar-refractivity contribution in [3.05, 3.63) is 29.8 Å². The van der Waals surface area contributed by atoms with Crippen LogP contribution < -0.4 is 5.32 Å². The molecule has 0 atom stereocenters. The van der Waals surface area contributed by atoms with Crippen LogP contribution in [-0.2, 0) is 9.53 Å². The fraction of sp³-hybridized carbons (Fsp3) is 0.467. The number of thioether (sulfide) groups is 1. The summed E-state index contributed by atoms with van der Waals surface area (Å²) in [5.41, 5.74) is -4.27. The number of amides is 1. The number of hydrogen-bond acceptors (Lipinski definition) is 4. The van der Waals surface area contributed by atoms with Crippen LogP contribution in [0.3, 0.4) is 0 Å². The van der Waals surface area contributed by atoms with Gasteiger partial charge in [0.25, 0.3) is 5.91 Å². The molecule has 1 saturated carbocycles. The van der Waals surface area contributed by atoms with E-state index in [1.165, 1.54) is 24.3 Å². The Morgan fingerprint density at radius 1 is 1.17 bits per heavy atom. The van der Waals surface area contributed by atoms with Gasteiger partial charge in [-0.1, -0.05) is 12.8 Å². The first-order valence-electron chi connectivity index (χ1n) is 7.16. The summed E-state index contributed by atoms with van der Waals surface area (Å²) in [6.45, 7) is -0.394. The van der Waals surface area contributed by atoms with E-state index in [0.717, 1.165) is 25.7 Å². The number of halogens is 3. The van der Waals surface area contributed by atoms with Crippen LogP contribution in [0.5, 0.6) is 0 Å². The molecule has 4 nitrogen and oxygen atoms in total. The lowest BCUT2D eigenvalue weighted by molar-refractivity contribution is -0.124. The molecule has 0 aromatic heterocycles. The molecule has 0 heterocycles. The number of benzene rings is 1. The summed E-state index contributed by atoms with van der Waals surface area (Å²) in [5.74, 6) is -1.11. The average Bonchev–Trinajstić information content (AvgIpc) is 2.97. The number of ether oxygens (including phenoxy) is 1. The molecule has 23 heavy (non-hydrogen) atoms. The van der Waals surface area contributed by atoms with Crippen LogP contribution in [0, 0.1) is 0 Å². The quantitative estimate of drug-likeness (QED) is 0.654. The molecule has 0 radical (unpaired) electrons. The van der Waals surface area contributed by atoms with Crippen molar-refractivity contribution >= 4 is 23.6 Å². The molecule has 0 spiro atoms. The topological polar surface area (TPSA) is 55.4 Å². The number of rotatable bonds is 5. The van der Waals surface area contributed by atoms with E-state index >= 15 is 0 Å². The van der Waals surface area contributed by atoms with Crippen molar-refractivity contribution in [1.82, 2.24) is 5.32 Å². The molecule has 1 N–H and O–H groups in total. The minimum Gasteiger partial charge on any atom is -0.452 e. The molecular formula is C15H16F3NO3S. The van der Waals surface area contributed by atoms with Gasteiger partial charge in [0, 0.05) is 10.9 Å². The van der Waals surface area contributed by atoms with Gasteiger partial charge in [0.2, 0.25) is 0 Å². The van der Waals surface area contributed by atoms with Crippen LogP contribution in [0.4, 0.5) is 13.2 Å². The maximum absolute atomic E-state index is 12.2. The van der Waals surface area contributed by atoms with Gasteiger partial charge in [0.05, 0.1) is 5.56 Å². The summed E-state index contributed by atoms with van der Waals surface area (Å²) in [7, 11) is 0. The molecule has 8 heteroatoms. The third kappa shape index (κ3) is 6.13. The van der Waals surface area contributed by atoms with Gasteiger partial charge in [-0.3, -0.25) is 4.79 Å². The van der Waals surface area contributed by atoms with E-state index in [-0.39, 0.29) is 34.2 Å². The molecular weight excluding hydrogens is 331 g/mol. The fourth-order valence-corrected chi connectivity index (χ4v) is 2.89. The molecule has 1 aromatic rings. The van der Waals surface area contributed by atoms with Gasteiger partial charge >= 0.3 is 11.5 Å². The van der Waals surface area contributed by atoms with Crippen LogP contribution >= 0.6 is 11.8 Å². The van der Waals surface area contributed by atoms with E-state index in [9.17, 15) is 22.8 Å². The zero-order chi connectivity index (χ0) is 16.9. The minimum atomic E-state index is -4.37. The van der Waals surface area contributed by atoms with E-state index < -0.39 is 18.1 Å². The van der Waals surface area contributed by atoms with Crippen molar-refractivity contribution in [1.29, 1.82) is 0 Å². The Hall–Kier alpha value is -1.70. The average molecular weight is 347 g/mol. The summed E-state index contributed by atoms with van der Waals surface area (Å²) >= 11 is -0.259. The van der Waals surface area contributed by atoms with Gasteiger partial charge in [0.1, 0.15) is 0 Å². The first-order valence-corrected chi connectivity index (χ1v) is 7.97. The minimum absolute atomic E-state index is 0.0203. The molecule has 1 aliphatic carbocycles. The summed E-state index contributed by atoms with van der Waals surface area (Å²) in [6, 6.07) is 5.00. The van der Waals surface area contributed by atoms with Crippen LogP contribution in [0.25, 0.3) is 0 Å². The van der Waals surface area contributed by atoms with E-state index in [0.29, 0.717) is 0 Å². The number of esters is 1. The normalized spacial score (nSPS) is 15.4.